The highest BCUT2D eigenvalue weighted by Gasteiger charge is 2.39. The lowest BCUT2D eigenvalue weighted by Crippen LogP contribution is -2.33. The van der Waals surface area contributed by atoms with Gasteiger partial charge in [-0.3, -0.25) is 0 Å². The van der Waals surface area contributed by atoms with Crippen LogP contribution in [0.1, 0.15) is 18.4 Å². The summed E-state index contributed by atoms with van der Waals surface area (Å²) >= 11 is 0. The van der Waals surface area contributed by atoms with E-state index in [0.29, 0.717) is 17.0 Å². The van der Waals surface area contributed by atoms with Crippen LogP contribution in [0.25, 0.3) is 0 Å². The fourth-order valence-electron chi connectivity index (χ4n) is 3.83. The molecule has 1 aliphatic rings. The first-order valence-electron chi connectivity index (χ1n) is 11.7. The number of esters is 2. The second kappa shape index (κ2) is 12.4. The summed E-state index contributed by atoms with van der Waals surface area (Å²) in [6, 6.07) is 15.2. The van der Waals surface area contributed by atoms with Gasteiger partial charge in [-0.15, -0.1) is 0 Å². The Bertz CT molecular complexity index is 1380. The zero-order valence-corrected chi connectivity index (χ0v) is 22.7. The average molecular weight is 542 g/mol. The van der Waals surface area contributed by atoms with Gasteiger partial charge in [0.15, 0.2) is 9.84 Å². The molecule has 10 nitrogen and oxygen atoms in total. The molecule has 0 fully saturated rings. The van der Waals surface area contributed by atoms with Gasteiger partial charge in [0.05, 0.1) is 35.4 Å². The number of sulfone groups is 1. The molecule has 2 aromatic carbocycles. The molecule has 0 bridgehead atoms. The van der Waals surface area contributed by atoms with E-state index in [1.54, 1.807) is 50.2 Å². The molecule has 0 spiro atoms. The van der Waals surface area contributed by atoms with Crippen LogP contribution in [0.15, 0.2) is 87.1 Å². The van der Waals surface area contributed by atoms with Gasteiger partial charge in [0.2, 0.25) is 0 Å². The smallest absolute Gasteiger partial charge is 0.338 e. The Morgan fingerprint density at radius 2 is 1.74 bits per heavy atom. The third-order valence-corrected chi connectivity index (χ3v) is 6.64. The number of benzene rings is 2. The summed E-state index contributed by atoms with van der Waals surface area (Å²) in [7, 11) is 1.18. The van der Waals surface area contributed by atoms with Gasteiger partial charge in [0.1, 0.15) is 24.8 Å². The van der Waals surface area contributed by atoms with Gasteiger partial charge in [-0.25, -0.2) is 23.0 Å². The number of ether oxygens (including phenoxy) is 3. The first-order valence-corrected chi connectivity index (χ1v) is 13.6. The van der Waals surface area contributed by atoms with Gasteiger partial charge in [-0.2, -0.15) is 0 Å². The van der Waals surface area contributed by atoms with Crippen molar-refractivity contribution in [3.63, 3.8) is 0 Å². The van der Waals surface area contributed by atoms with Crippen molar-refractivity contribution >= 4 is 28.1 Å². The van der Waals surface area contributed by atoms with E-state index in [4.69, 9.17) is 14.2 Å². The number of carbonyl (C=O) groups excluding carboxylic acids is 2. The number of carbonyl (C=O) groups is 2. The van der Waals surface area contributed by atoms with Crippen molar-refractivity contribution in [2.75, 3.05) is 40.7 Å². The van der Waals surface area contributed by atoms with E-state index in [9.17, 15) is 18.0 Å². The summed E-state index contributed by atoms with van der Waals surface area (Å²) in [6.07, 6.45) is 2.58. The van der Waals surface area contributed by atoms with Crippen LogP contribution < -0.4 is 10.1 Å². The molecule has 0 aliphatic carbocycles. The van der Waals surface area contributed by atoms with Crippen molar-refractivity contribution < 1.29 is 32.2 Å². The molecule has 3 rings (SSSR count). The predicted molar refractivity (Wildman–Crippen MR) is 142 cm³/mol. The highest BCUT2D eigenvalue weighted by Crippen LogP contribution is 2.40. The first-order chi connectivity index (χ1) is 18.0. The second-order valence-corrected chi connectivity index (χ2v) is 10.7. The van der Waals surface area contributed by atoms with Crippen LogP contribution in [0.4, 0.5) is 0 Å². The zero-order chi connectivity index (χ0) is 27.9. The molecule has 11 heteroatoms. The summed E-state index contributed by atoms with van der Waals surface area (Å²) in [6.45, 7) is 1.72. The van der Waals surface area contributed by atoms with Gasteiger partial charge in [-0.05, 0) is 36.8 Å². The highest BCUT2D eigenvalue weighted by atomic mass is 32.2. The van der Waals surface area contributed by atoms with Crippen molar-refractivity contribution in [2.24, 2.45) is 4.99 Å². The fourth-order valence-corrected chi connectivity index (χ4v) is 4.50. The van der Waals surface area contributed by atoms with Crippen molar-refractivity contribution in [1.82, 2.24) is 10.2 Å². The SMILES string of the molecule is COC(=O)C1=C(N=CN(C)C)NC(C)=C(C(=O)OCCOc2ccccc2)C1c1cccc(S(C)(=O)=O)c1. The summed E-state index contributed by atoms with van der Waals surface area (Å²) in [5, 5.41) is 3.01. The van der Waals surface area contributed by atoms with Gasteiger partial charge >= 0.3 is 11.9 Å². The first kappa shape index (κ1) is 28.5. The number of hydrogen-bond acceptors (Lipinski definition) is 9. The lowest BCUT2D eigenvalue weighted by molar-refractivity contribution is -0.140. The summed E-state index contributed by atoms with van der Waals surface area (Å²) in [5.74, 6) is -1.64. The molecular weight excluding hydrogens is 510 g/mol. The molecule has 1 heterocycles. The Labute approximate surface area is 222 Å². The predicted octanol–water partition coefficient (Wildman–Crippen LogP) is 2.65. The third kappa shape index (κ3) is 7.00. The van der Waals surface area contributed by atoms with Gasteiger partial charge < -0.3 is 24.4 Å². The fraction of sp³-hybridized carbons (Fsp3) is 0.296. The van der Waals surface area contributed by atoms with Crippen molar-refractivity contribution in [1.29, 1.82) is 0 Å². The molecule has 0 radical (unpaired) electrons. The van der Waals surface area contributed by atoms with Crippen molar-refractivity contribution in [3.8, 4) is 5.75 Å². The number of hydrogen-bond donors (Lipinski definition) is 1. The van der Waals surface area contributed by atoms with Crippen molar-refractivity contribution in [3.05, 3.63) is 82.8 Å². The number of dihydropyridines is 1. The number of nitrogens with one attached hydrogen (secondary N) is 1. The molecule has 38 heavy (non-hydrogen) atoms. The minimum atomic E-state index is -3.57. The Balaban J connectivity index is 2.03. The van der Waals surface area contributed by atoms with Crippen LogP contribution in [-0.2, 0) is 28.9 Å². The minimum absolute atomic E-state index is 0.0364. The van der Waals surface area contributed by atoms with E-state index < -0.39 is 27.7 Å². The quantitative estimate of drug-likeness (QED) is 0.209. The lowest BCUT2D eigenvalue weighted by atomic mass is 9.81. The van der Waals surface area contributed by atoms with E-state index >= 15 is 0 Å². The maximum atomic E-state index is 13.4. The molecule has 0 amide bonds. The molecule has 1 atom stereocenters. The zero-order valence-electron chi connectivity index (χ0n) is 21.9. The molecule has 0 saturated heterocycles. The van der Waals surface area contributed by atoms with Crippen LogP contribution in [-0.4, -0.2) is 72.3 Å². The van der Waals surface area contributed by atoms with Crippen LogP contribution >= 0.6 is 0 Å². The van der Waals surface area contributed by atoms with E-state index in [0.717, 1.165) is 6.26 Å². The Hall–Kier alpha value is -4.12. The summed E-state index contributed by atoms with van der Waals surface area (Å²) in [5.41, 5.74) is 0.945. The third-order valence-electron chi connectivity index (χ3n) is 5.53. The van der Waals surface area contributed by atoms with Crippen LogP contribution in [0.3, 0.4) is 0 Å². The number of rotatable bonds is 10. The van der Waals surface area contributed by atoms with E-state index in [1.165, 1.54) is 25.6 Å². The highest BCUT2D eigenvalue weighted by molar-refractivity contribution is 7.90. The molecule has 2 aromatic rings. The summed E-state index contributed by atoms with van der Waals surface area (Å²) < 4.78 is 40.7. The maximum Gasteiger partial charge on any atom is 0.338 e. The maximum absolute atomic E-state index is 13.4. The monoisotopic (exact) mass is 541 g/mol. The Kier molecular flexibility index (Phi) is 9.30. The number of para-hydroxylation sites is 1. The molecular formula is C27H31N3O7S. The number of nitrogens with zero attached hydrogens (tertiary/aromatic N) is 2. The molecule has 1 aliphatic heterocycles. The summed E-state index contributed by atoms with van der Waals surface area (Å²) in [4.78, 5) is 32.6. The van der Waals surface area contributed by atoms with E-state index in [-0.39, 0.29) is 35.1 Å². The van der Waals surface area contributed by atoms with E-state index in [2.05, 4.69) is 10.3 Å². The largest absolute Gasteiger partial charge is 0.490 e. The van der Waals surface area contributed by atoms with Crippen LogP contribution in [0.2, 0.25) is 0 Å². The molecule has 202 valence electrons. The number of methoxy groups -OCH3 is 1. The number of allylic oxidation sites excluding steroid dienone is 1. The molecule has 1 N–H and O–H groups in total. The van der Waals surface area contributed by atoms with Gasteiger partial charge in [-0.1, -0.05) is 30.3 Å². The van der Waals surface area contributed by atoms with Gasteiger partial charge in [0, 0.05) is 26.0 Å². The number of aliphatic imine (C=N–C) groups is 1. The van der Waals surface area contributed by atoms with Crippen molar-refractivity contribution in [2.45, 2.75) is 17.7 Å². The second-order valence-electron chi connectivity index (χ2n) is 8.70. The topological polar surface area (TPSA) is 124 Å². The van der Waals surface area contributed by atoms with E-state index in [1.807, 2.05) is 18.2 Å². The standard InChI is InChI=1S/C27H31N3O7S/c1-18-22(27(32)37-15-14-36-20-11-7-6-8-12-20)23(19-10-9-13-21(16-19)38(5,33)34)24(26(31)35-4)25(29-18)28-17-30(2)3/h6-13,16-17,23,29H,14-15H2,1-5H3. The van der Waals surface area contributed by atoms with Crippen LogP contribution in [0.5, 0.6) is 5.75 Å². The molecule has 0 aromatic heterocycles. The normalized spacial score (nSPS) is 15.8. The Morgan fingerprint density at radius 3 is 2.37 bits per heavy atom. The average Bonchev–Trinajstić information content (AvgIpc) is 2.89. The molecule has 0 saturated carbocycles. The van der Waals surface area contributed by atoms with Gasteiger partial charge in [0.25, 0.3) is 0 Å². The lowest BCUT2D eigenvalue weighted by Gasteiger charge is -2.30. The van der Waals surface area contributed by atoms with Crippen LogP contribution in [0, 0.1) is 0 Å². The minimum Gasteiger partial charge on any atom is -0.490 e. The Morgan fingerprint density at radius 1 is 1.03 bits per heavy atom. The molecule has 1 unspecified atom stereocenters.